The van der Waals surface area contributed by atoms with Gasteiger partial charge in [0.05, 0.1) is 12.1 Å². The fourth-order valence-corrected chi connectivity index (χ4v) is 2.72. The van der Waals surface area contributed by atoms with Crippen molar-refractivity contribution in [2.75, 3.05) is 5.32 Å². The van der Waals surface area contributed by atoms with Gasteiger partial charge in [0.2, 0.25) is 5.13 Å². The van der Waals surface area contributed by atoms with E-state index < -0.39 is 0 Å². The average molecular weight is 344 g/mol. The highest BCUT2D eigenvalue weighted by Crippen LogP contribution is 2.14. The summed E-state index contributed by atoms with van der Waals surface area (Å²) in [6.07, 6.45) is 1.44. The standard InChI is InChI=1S/C16H13FN4O2S/c1-10-19-20-16(24-10)18-15(23)12-5-6-14(22)21(9-12)8-11-3-2-4-13(17)7-11/h2-7,9H,8H2,1H3,(H,18,20,23). The first-order chi connectivity index (χ1) is 11.5. The number of hydrogen-bond donors (Lipinski definition) is 1. The van der Waals surface area contributed by atoms with Gasteiger partial charge < -0.3 is 4.57 Å². The molecule has 0 aliphatic heterocycles. The smallest absolute Gasteiger partial charge is 0.258 e. The molecule has 0 atom stereocenters. The summed E-state index contributed by atoms with van der Waals surface area (Å²) in [5.74, 6) is -0.764. The molecule has 6 nitrogen and oxygen atoms in total. The first-order valence-corrected chi connectivity index (χ1v) is 7.89. The molecular weight excluding hydrogens is 331 g/mol. The van der Waals surface area contributed by atoms with Gasteiger partial charge in [0, 0.05) is 12.3 Å². The molecular formula is C16H13FN4O2S. The van der Waals surface area contributed by atoms with Crippen LogP contribution in [0, 0.1) is 12.7 Å². The number of nitrogens with one attached hydrogen (secondary N) is 1. The predicted octanol–water partition coefficient (Wildman–Crippen LogP) is 2.45. The number of amides is 1. The summed E-state index contributed by atoms with van der Waals surface area (Å²) in [6.45, 7) is 1.96. The van der Waals surface area contributed by atoms with Crippen LogP contribution in [-0.4, -0.2) is 20.7 Å². The minimum atomic E-state index is -0.390. The predicted molar refractivity (Wildman–Crippen MR) is 88.8 cm³/mol. The monoisotopic (exact) mass is 344 g/mol. The third-order valence-electron chi connectivity index (χ3n) is 3.23. The fourth-order valence-electron chi connectivity index (χ4n) is 2.14. The molecule has 0 saturated carbocycles. The number of hydrogen-bond acceptors (Lipinski definition) is 5. The van der Waals surface area contributed by atoms with Crippen LogP contribution in [0.4, 0.5) is 9.52 Å². The van der Waals surface area contributed by atoms with Gasteiger partial charge >= 0.3 is 0 Å². The lowest BCUT2D eigenvalue weighted by Crippen LogP contribution is -2.22. The van der Waals surface area contributed by atoms with E-state index in [0.29, 0.717) is 16.3 Å². The van der Waals surface area contributed by atoms with Crippen molar-refractivity contribution < 1.29 is 9.18 Å². The average Bonchev–Trinajstić information content (AvgIpc) is 2.94. The summed E-state index contributed by atoms with van der Waals surface area (Å²) in [6, 6.07) is 8.72. The summed E-state index contributed by atoms with van der Waals surface area (Å²) in [7, 11) is 0. The summed E-state index contributed by atoms with van der Waals surface area (Å²) in [5.41, 5.74) is 0.663. The molecule has 0 bridgehead atoms. The molecule has 1 N–H and O–H groups in total. The van der Waals surface area contributed by atoms with Gasteiger partial charge in [0.25, 0.3) is 11.5 Å². The zero-order valence-corrected chi connectivity index (χ0v) is 13.5. The Labute approximate surface area is 140 Å². The van der Waals surface area contributed by atoms with E-state index in [0.717, 1.165) is 5.01 Å². The van der Waals surface area contributed by atoms with E-state index in [1.165, 1.54) is 46.4 Å². The minimum absolute atomic E-state index is 0.176. The second-order valence-corrected chi connectivity index (χ2v) is 6.28. The van der Waals surface area contributed by atoms with Crippen LogP contribution in [0.3, 0.4) is 0 Å². The Morgan fingerprint density at radius 1 is 1.29 bits per heavy atom. The van der Waals surface area contributed by atoms with Crippen LogP contribution >= 0.6 is 11.3 Å². The normalized spacial score (nSPS) is 10.6. The summed E-state index contributed by atoms with van der Waals surface area (Å²) in [4.78, 5) is 24.2. The molecule has 24 heavy (non-hydrogen) atoms. The highest BCUT2D eigenvalue weighted by atomic mass is 32.1. The van der Waals surface area contributed by atoms with Crippen molar-refractivity contribution in [1.29, 1.82) is 0 Å². The van der Waals surface area contributed by atoms with Gasteiger partial charge in [-0.1, -0.05) is 23.5 Å². The fraction of sp³-hybridized carbons (Fsp3) is 0.125. The van der Waals surface area contributed by atoms with Crippen molar-refractivity contribution in [1.82, 2.24) is 14.8 Å². The number of aromatic nitrogens is 3. The zero-order chi connectivity index (χ0) is 17.1. The van der Waals surface area contributed by atoms with E-state index in [2.05, 4.69) is 15.5 Å². The number of benzene rings is 1. The molecule has 3 rings (SSSR count). The minimum Gasteiger partial charge on any atom is -0.310 e. The molecule has 2 heterocycles. The number of aryl methyl sites for hydroxylation is 1. The number of anilines is 1. The van der Waals surface area contributed by atoms with Gasteiger partial charge in [-0.3, -0.25) is 14.9 Å². The SMILES string of the molecule is Cc1nnc(NC(=O)c2ccc(=O)n(Cc3cccc(F)c3)c2)s1. The van der Waals surface area contributed by atoms with Crippen molar-refractivity contribution in [3.05, 3.63) is 74.9 Å². The van der Waals surface area contributed by atoms with Crippen LogP contribution < -0.4 is 10.9 Å². The molecule has 2 aromatic heterocycles. The molecule has 0 unspecified atom stereocenters. The number of halogens is 1. The van der Waals surface area contributed by atoms with E-state index >= 15 is 0 Å². The Morgan fingerprint density at radius 2 is 2.12 bits per heavy atom. The molecule has 0 aliphatic rings. The highest BCUT2D eigenvalue weighted by molar-refractivity contribution is 7.15. The van der Waals surface area contributed by atoms with E-state index in [4.69, 9.17) is 0 Å². The number of carbonyl (C=O) groups excluding carboxylic acids is 1. The Balaban J connectivity index is 1.83. The van der Waals surface area contributed by atoms with Crippen LogP contribution in [-0.2, 0) is 6.54 Å². The summed E-state index contributed by atoms with van der Waals surface area (Å²) in [5, 5.41) is 11.4. The van der Waals surface area contributed by atoms with Gasteiger partial charge in [-0.15, -0.1) is 10.2 Å². The summed E-state index contributed by atoms with van der Waals surface area (Å²) >= 11 is 1.26. The quantitative estimate of drug-likeness (QED) is 0.789. The Hall–Kier alpha value is -2.87. The third kappa shape index (κ3) is 3.72. The maximum atomic E-state index is 13.3. The van der Waals surface area contributed by atoms with Gasteiger partial charge in [-0.2, -0.15) is 0 Å². The maximum absolute atomic E-state index is 13.3. The molecule has 0 saturated heterocycles. The third-order valence-corrected chi connectivity index (χ3v) is 3.99. The largest absolute Gasteiger partial charge is 0.310 e. The molecule has 1 amide bonds. The van der Waals surface area contributed by atoms with Gasteiger partial charge in [-0.05, 0) is 30.7 Å². The van der Waals surface area contributed by atoms with Crippen molar-refractivity contribution in [2.45, 2.75) is 13.5 Å². The van der Waals surface area contributed by atoms with Crippen LogP contribution in [0.1, 0.15) is 20.9 Å². The topological polar surface area (TPSA) is 76.9 Å². The number of rotatable bonds is 4. The summed E-state index contributed by atoms with van der Waals surface area (Å²) < 4.78 is 14.6. The lowest BCUT2D eigenvalue weighted by Gasteiger charge is -2.08. The maximum Gasteiger partial charge on any atom is 0.258 e. The first-order valence-electron chi connectivity index (χ1n) is 7.08. The number of pyridine rings is 1. The Morgan fingerprint density at radius 3 is 2.83 bits per heavy atom. The van der Waals surface area contributed by atoms with Gasteiger partial charge in [-0.25, -0.2) is 4.39 Å². The molecule has 8 heteroatoms. The van der Waals surface area contributed by atoms with Gasteiger partial charge in [0.1, 0.15) is 10.8 Å². The lowest BCUT2D eigenvalue weighted by atomic mass is 10.2. The van der Waals surface area contributed by atoms with Gasteiger partial charge in [0.15, 0.2) is 0 Å². The van der Waals surface area contributed by atoms with Crippen LogP contribution in [0.15, 0.2) is 47.4 Å². The van der Waals surface area contributed by atoms with E-state index in [1.54, 1.807) is 19.1 Å². The molecule has 0 aliphatic carbocycles. The highest BCUT2D eigenvalue weighted by Gasteiger charge is 2.11. The van der Waals surface area contributed by atoms with Crippen molar-refractivity contribution >= 4 is 22.4 Å². The Bertz CT molecular complexity index is 951. The second kappa shape index (κ2) is 6.71. The molecule has 122 valence electrons. The Kier molecular flexibility index (Phi) is 4.48. The first kappa shape index (κ1) is 16.0. The van der Waals surface area contributed by atoms with Crippen LogP contribution in [0.5, 0.6) is 0 Å². The van der Waals surface area contributed by atoms with E-state index in [-0.39, 0.29) is 23.8 Å². The van der Waals surface area contributed by atoms with Crippen LogP contribution in [0.2, 0.25) is 0 Å². The van der Waals surface area contributed by atoms with Crippen molar-refractivity contribution in [3.63, 3.8) is 0 Å². The van der Waals surface area contributed by atoms with Crippen LogP contribution in [0.25, 0.3) is 0 Å². The van der Waals surface area contributed by atoms with E-state index in [9.17, 15) is 14.0 Å². The number of carbonyl (C=O) groups is 1. The molecule has 0 radical (unpaired) electrons. The lowest BCUT2D eigenvalue weighted by molar-refractivity contribution is 0.102. The molecule has 3 aromatic rings. The second-order valence-electron chi connectivity index (χ2n) is 5.09. The van der Waals surface area contributed by atoms with E-state index in [1.807, 2.05) is 0 Å². The molecule has 1 aromatic carbocycles. The zero-order valence-electron chi connectivity index (χ0n) is 12.7. The van der Waals surface area contributed by atoms with Crippen molar-refractivity contribution in [2.24, 2.45) is 0 Å². The molecule has 0 fully saturated rings. The number of nitrogens with zero attached hydrogens (tertiary/aromatic N) is 3. The molecule has 0 spiro atoms. The van der Waals surface area contributed by atoms with Crippen molar-refractivity contribution in [3.8, 4) is 0 Å².